The van der Waals surface area contributed by atoms with Gasteiger partial charge in [0.05, 0.1) is 13.2 Å². The van der Waals surface area contributed by atoms with Crippen LogP contribution in [0.3, 0.4) is 0 Å². The quantitative estimate of drug-likeness (QED) is 0.750. The third-order valence-corrected chi connectivity index (χ3v) is 2.46. The molecule has 0 bridgehead atoms. The second-order valence-electron chi connectivity index (χ2n) is 5.31. The van der Waals surface area contributed by atoms with Crippen molar-refractivity contribution in [3.05, 3.63) is 0 Å². The van der Waals surface area contributed by atoms with E-state index in [1.165, 1.54) is 4.90 Å². The van der Waals surface area contributed by atoms with E-state index >= 15 is 0 Å². The highest BCUT2D eigenvalue weighted by Gasteiger charge is 2.38. The molecule has 94 valence electrons. The maximum Gasteiger partial charge on any atom is 0.410 e. The summed E-state index contributed by atoms with van der Waals surface area (Å²) in [5, 5.41) is 8.93. The molecule has 0 radical (unpaired) electrons. The van der Waals surface area contributed by atoms with Crippen LogP contribution in [0.4, 0.5) is 9.18 Å². The van der Waals surface area contributed by atoms with Gasteiger partial charge in [-0.1, -0.05) is 0 Å². The number of carbonyl (C=O) groups excluding carboxylic acids is 1. The van der Waals surface area contributed by atoms with Crippen LogP contribution in [-0.4, -0.2) is 47.1 Å². The molecule has 1 saturated heterocycles. The molecule has 5 heteroatoms. The van der Waals surface area contributed by atoms with Gasteiger partial charge < -0.3 is 14.7 Å². The van der Waals surface area contributed by atoms with Crippen LogP contribution in [0.1, 0.15) is 33.6 Å². The van der Waals surface area contributed by atoms with Gasteiger partial charge in [0, 0.05) is 6.54 Å². The van der Waals surface area contributed by atoms with Gasteiger partial charge >= 0.3 is 6.09 Å². The first-order chi connectivity index (χ1) is 7.26. The lowest BCUT2D eigenvalue weighted by Gasteiger charge is -2.36. The molecule has 0 aromatic carbocycles. The largest absolute Gasteiger partial charge is 0.444 e. The number of likely N-dealkylation sites (tertiary alicyclic amines) is 1. The van der Waals surface area contributed by atoms with Crippen LogP contribution in [0.2, 0.25) is 0 Å². The molecule has 0 aromatic heterocycles. The van der Waals surface area contributed by atoms with Crippen molar-refractivity contribution in [2.75, 3.05) is 19.7 Å². The number of rotatable bonds is 1. The molecular formula is C11H20FNO3. The summed E-state index contributed by atoms with van der Waals surface area (Å²) in [4.78, 5) is 13.0. The molecule has 1 aliphatic heterocycles. The third-order valence-electron chi connectivity index (χ3n) is 2.46. The molecule has 0 unspecified atom stereocenters. The fraction of sp³-hybridized carbons (Fsp3) is 0.909. The molecule has 0 spiro atoms. The first kappa shape index (κ1) is 13.2. The molecule has 1 amide bonds. The maximum absolute atomic E-state index is 13.8. The van der Waals surface area contributed by atoms with Crippen LogP contribution < -0.4 is 0 Å². The number of ether oxygens (including phenoxy) is 1. The summed E-state index contributed by atoms with van der Waals surface area (Å²) < 4.78 is 19.0. The van der Waals surface area contributed by atoms with Crippen molar-refractivity contribution in [3.8, 4) is 0 Å². The van der Waals surface area contributed by atoms with Crippen molar-refractivity contribution in [2.45, 2.75) is 44.9 Å². The minimum Gasteiger partial charge on any atom is -0.444 e. The number of halogens is 1. The molecule has 1 N–H and O–H groups in total. The molecule has 1 heterocycles. The van der Waals surface area contributed by atoms with Crippen molar-refractivity contribution in [1.82, 2.24) is 4.90 Å². The summed E-state index contributed by atoms with van der Waals surface area (Å²) in [6.45, 7) is 5.15. The van der Waals surface area contributed by atoms with E-state index < -0.39 is 24.0 Å². The standard InChI is InChI=1S/C11H20FNO3/c1-10(2,3)16-9(15)13-6-4-5-11(12,7-13)8-14/h14H,4-8H2,1-3H3/t11-/m0/s1. The molecule has 16 heavy (non-hydrogen) atoms. The van der Waals surface area contributed by atoms with Crippen LogP contribution in [0.15, 0.2) is 0 Å². The molecule has 1 atom stereocenters. The summed E-state index contributed by atoms with van der Waals surface area (Å²) in [7, 11) is 0. The average molecular weight is 233 g/mol. The number of piperidine rings is 1. The van der Waals surface area contributed by atoms with Crippen LogP contribution in [-0.2, 0) is 4.74 Å². The Bertz CT molecular complexity index is 264. The van der Waals surface area contributed by atoms with Crippen LogP contribution in [0.5, 0.6) is 0 Å². The van der Waals surface area contributed by atoms with Crippen molar-refractivity contribution >= 4 is 6.09 Å². The van der Waals surface area contributed by atoms with E-state index in [2.05, 4.69) is 0 Å². The number of aliphatic hydroxyl groups excluding tert-OH is 1. The number of amides is 1. The fourth-order valence-electron chi connectivity index (χ4n) is 1.70. The third kappa shape index (κ3) is 3.63. The van der Waals surface area contributed by atoms with E-state index in [-0.39, 0.29) is 6.54 Å². The molecule has 1 rings (SSSR count). The average Bonchev–Trinajstić information content (AvgIpc) is 2.15. The lowest BCUT2D eigenvalue weighted by Crippen LogP contribution is -2.50. The summed E-state index contributed by atoms with van der Waals surface area (Å²) in [6.07, 6.45) is 0.335. The molecule has 0 aromatic rings. The Kier molecular flexibility index (Phi) is 3.78. The van der Waals surface area contributed by atoms with Crippen molar-refractivity contribution in [2.24, 2.45) is 0 Å². The van der Waals surface area contributed by atoms with Crippen molar-refractivity contribution in [3.63, 3.8) is 0 Å². The van der Waals surface area contributed by atoms with Crippen LogP contribution >= 0.6 is 0 Å². The molecule has 1 fully saturated rings. The number of alkyl halides is 1. The molecule has 0 aliphatic carbocycles. The van der Waals surface area contributed by atoms with Gasteiger partial charge in [-0.05, 0) is 33.6 Å². The number of hydrogen-bond donors (Lipinski definition) is 1. The predicted molar refractivity (Wildman–Crippen MR) is 58.0 cm³/mol. The Morgan fingerprint density at radius 1 is 1.56 bits per heavy atom. The van der Waals surface area contributed by atoms with E-state index in [0.29, 0.717) is 19.4 Å². The van der Waals surface area contributed by atoms with E-state index in [4.69, 9.17) is 9.84 Å². The highest BCUT2D eigenvalue weighted by atomic mass is 19.1. The summed E-state index contributed by atoms with van der Waals surface area (Å²) in [5.74, 6) is 0. The van der Waals surface area contributed by atoms with Gasteiger partial charge in [0.15, 0.2) is 5.67 Å². The van der Waals surface area contributed by atoms with Gasteiger partial charge in [-0.3, -0.25) is 0 Å². The minimum atomic E-state index is -1.67. The lowest BCUT2D eigenvalue weighted by atomic mass is 9.96. The van der Waals surface area contributed by atoms with Crippen LogP contribution in [0.25, 0.3) is 0 Å². The van der Waals surface area contributed by atoms with Gasteiger partial charge in [-0.2, -0.15) is 0 Å². The first-order valence-electron chi connectivity index (χ1n) is 5.53. The lowest BCUT2D eigenvalue weighted by molar-refractivity contribution is -0.0231. The molecule has 1 aliphatic rings. The second kappa shape index (κ2) is 4.57. The SMILES string of the molecule is CC(C)(C)OC(=O)N1CCC[C@@](F)(CO)C1. The first-order valence-corrected chi connectivity index (χ1v) is 5.53. The molecular weight excluding hydrogens is 213 g/mol. The Morgan fingerprint density at radius 3 is 2.69 bits per heavy atom. The topological polar surface area (TPSA) is 49.8 Å². The van der Waals surface area contributed by atoms with Gasteiger partial charge in [0.1, 0.15) is 5.60 Å². The normalized spacial score (nSPS) is 26.7. The smallest absolute Gasteiger partial charge is 0.410 e. The van der Waals surface area contributed by atoms with E-state index in [1.54, 1.807) is 20.8 Å². The zero-order valence-electron chi connectivity index (χ0n) is 10.1. The highest BCUT2D eigenvalue weighted by Crippen LogP contribution is 2.25. The van der Waals surface area contributed by atoms with E-state index in [1.807, 2.05) is 0 Å². The number of nitrogens with zero attached hydrogens (tertiary/aromatic N) is 1. The zero-order chi connectivity index (χ0) is 12.4. The maximum atomic E-state index is 13.8. The Morgan fingerprint density at radius 2 is 2.19 bits per heavy atom. The van der Waals surface area contributed by atoms with Gasteiger partial charge in [0.2, 0.25) is 0 Å². The Hall–Kier alpha value is -0.840. The Labute approximate surface area is 95.4 Å². The summed E-state index contributed by atoms with van der Waals surface area (Å²) in [5.41, 5.74) is -2.25. The fourth-order valence-corrected chi connectivity index (χ4v) is 1.70. The van der Waals surface area contributed by atoms with Gasteiger partial charge in [-0.25, -0.2) is 9.18 Å². The number of hydrogen-bond acceptors (Lipinski definition) is 3. The predicted octanol–water partition coefficient (Wildman–Crippen LogP) is 1.72. The second-order valence-corrected chi connectivity index (χ2v) is 5.31. The van der Waals surface area contributed by atoms with E-state index in [9.17, 15) is 9.18 Å². The van der Waals surface area contributed by atoms with Crippen molar-refractivity contribution in [1.29, 1.82) is 0 Å². The summed E-state index contributed by atoms with van der Waals surface area (Å²) in [6, 6.07) is 0. The van der Waals surface area contributed by atoms with Gasteiger partial charge in [-0.15, -0.1) is 0 Å². The van der Waals surface area contributed by atoms with Crippen LogP contribution in [0, 0.1) is 0 Å². The number of carbonyl (C=O) groups is 1. The van der Waals surface area contributed by atoms with E-state index in [0.717, 1.165) is 0 Å². The zero-order valence-corrected chi connectivity index (χ0v) is 10.1. The van der Waals surface area contributed by atoms with Crippen molar-refractivity contribution < 1.29 is 19.0 Å². The molecule has 0 saturated carbocycles. The monoisotopic (exact) mass is 233 g/mol. The highest BCUT2D eigenvalue weighted by molar-refractivity contribution is 5.68. The van der Waals surface area contributed by atoms with Gasteiger partial charge in [0.25, 0.3) is 0 Å². The molecule has 4 nitrogen and oxygen atoms in total. The minimum absolute atomic E-state index is 0.0849. The number of aliphatic hydroxyl groups is 1. The Balaban J connectivity index is 2.57. The summed E-state index contributed by atoms with van der Waals surface area (Å²) >= 11 is 0.